The number of hydrogen-bond acceptors (Lipinski definition) is 6. The highest BCUT2D eigenvalue weighted by atomic mass is 16.6. The fourth-order valence-electron chi connectivity index (χ4n) is 3.12. The van der Waals surface area contributed by atoms with E-state index in [0.29, 0.717) is 6.42 Å². The molecule has 1 atom stereocenters. The summed E-state index contributed by atoms with van der Waals surface area (Å²) < 4.78 is 15.8. The molecule has 2 aliphatic rings. The molecule has 0 aromatic heterocycles. The summed E-state index contributed by atoms with van der Waals surface area (Å²) >= 11 is 0. The molecule has 2 amide bonds. The zero-order chi connectivity index (χ0) is 19.9. The lowest BCUT2D eigenvalue weighted by atomic mass is 9.90. The highest BCUT2D eigenvalue weighted by Gasteiger charge is 2.62. The SMILES string of the molecule is COC(=O)C1N(C(=O)OC(C)(C)C)N(C(=O)OC(C)(C)C)CCC12CC2. The van der Waals surface area contributed by atoms with Crippen LogP contribution in [-0.4, -0.2) is 59.1 Å². The number of carbonyl (C=O) groups excluding carboxylic acids is 3. The van der Waals surface area contributed by atoms with Crippen molar-refractivity contribution in [2.75, 3.05) is 13.7 Å². The molecular weight excluding hydrogens is 340 g/mol. The van der Waals surface area contributed by atoms with Crippen molar-refractivity contribution < 1.29 is 28.6 Å². The van der Waals surface area contributed by atoms with Gasteiger partial charge in [0.15, 0.2) is 6.04 Å². The number of methoxy groups -OCH3 is 1. The van der Waals surface area contributed by atoms with Gasteiger partial charge in [-0.3, -0.25) is 0 Å². The van der Waals surface area contributed by atoms with Gasteiger partial charge in [-0.05, 0) is 60.8 Å². The van der Waals surface area contributed by atoms with E-state index >= 15 is 0 Å². The van der Waals surface area contributed by atoms with Gasteiger partial charge < -0.3 is 14.2 Å². The quantitative estimate of drug-likeness (QED) is 0.521. The first-order valence-electron chi connectivity index (χ1n) is 8.90. The molecule has 1 spiro atoms. The molecule has 8 heteroatoms. The van der Waals surface area contributed by atoms with E-state index in [2.05, 4.69) is 0 Å². The van der Waals surface area contributed by atoms with Gasteiger partial charge in [-0.25, -0.2) is 19.4 Å². The number of hydrogen-bond donors (Lipinski definition) is 0. The van der Waals surface area contributed by atoms with E-state index < -0.39 is 35.4 Å². The summed E-state index contributed by atoms with van der Waals surface area (Å²) in [5, 5.41) is 2.27. The number of esters is 1. The van der Waals surface area contributed by atoms with Crippen molar-refractivity contribution in [3.05, 3.63) is 0 Å². The largest absolute Gasteiger partial charge is 0.467 e. The molecule has 1 saturated carbocycles. The molecule has 2 rings (SSSR count). The molecule has 0 N–H and O–H groups in total. The number of nitrogens with zero attached hydrogens (tertiary/aromatic N) is 2. The fourth-order valence-corrected chi connectivity index (χ4v) is 3.12. The molecule has 2 fully saturated rings. The Morgan fingerprint density at radius 1 is 0.885 bits per heavy atom. The number of hydrazine groups is 1. The van der Waals surface area contributed by atoms with Gasteiger partial charge >= 0.3 is 18.2 Å². The van der Waals surface area contributed by atoms with E-state index in [4.69, 9.17) is 14.2 Å². The molecule has 0 bridgehead atoms. The third-order valence-corrected chi connectivity index (χ3v) is 4.41. The Hall–Kier alpha value is -1.99. The normalized spacial score (nSPS) is 22.0. The Morgan fingerprint density at radius 3 is 1.81 bits per heavy atom. The number of amides is 2. The van der Waals surface area contributed by atoms with Crippen LogP contribution in [0.25, 0.3) is 0 Å². The summed E-state index contributed by atoms with van der Waals surface area (Å²) in [5.74, 6) is -0.554. The van der Waals surface area contributed by atoms with Gasteiger partial charge in [0.1, 0.15) is 11.2 Å². The van der Waals surface area contributed by atoms with Crippen LogP contribution >= 0.6 is 0 Å². The number of rotatable bonds is 1. The van der Waals surface area contributed by atoms with Crippen molar-refractivity contribution in [1.82, 2.24) is 10.0 Å². The Labute approximate surface area is 154 Å². The summed E-state index contributed by atoms with van der Waals surface area (Å²) in [4.78, 5) is 38.1. The summed E-state index contributed by atoms with van der Waals surface area (Å²) in [6.07, 6.45) is 0.755. The van der Waals surface area contributed by atoms with E-state index in [1.54, 1.807) is 41.5 Å². The minimum Gasteiger partial charge on any atom is -0.467 e. The standard InChI is InChI=1S/C18H30N2O6/c1-16(2,3)25-14(22)19-11-10-18(8-9-18)12(13(21)24-7)20(19)15(23)26-17(4,5)6/h12H,8-11H2,1-7H3. The molecule has 0 radical (unpaired) electrons. The van der Waals surface area contributed by atoms with Crippen LogP contribution in [0.2, 0.25) is 0 Å². The predicted octanol–water partition coefficient (Wildman–Crippen LogP) is 3.10. The molecule has 1 unspecified atom stereocenters. The average molecular weight is 370 g/mol. The first-order chi connectivity index (χ1) is 11.8. The van der Waals surface area contributed by atoms with Crippen LogP contribution in [-0.2, 0) is 19.0 Å². The molecule has 8 nitrogen and oxygen atoms in total. The molecule has 0 aromatic carbocycles. The van der Waals surface area contributed by atoms with Crippen LogP contribution in [0.15, 0.2) is 0 Å². The second-order valence-electron chi connectivity index (χ2n) is 8.97. The summed E-state index contributed by atoms with van der Waals surface area (Å²) in [5.41, 5.74) is -1.86. The molecule has 1 heterocycles. The molecule has 1 aliphatic carbocycles. The Morgan fingerprint density at radius 2 is 1.38 bits per heavy atom. The van der Waals surface area contributed by atoms with Gasteiger partial charge in [-0.15, -0.1) is 0 Å². The van der Waals surface area contributed by atoms with Crippen LogP contribution in [0.3, 0.4) is 0 Å². The molecular formula is C18H30N2O6. The number of ether oxygens (including phenoxy) is 3. The van der Waals surface area contributed by atoms with Gasteiger partial charge in [0.25, 0.3) is 0 Å². The fraction of sp³-hybridized carbons (Fsp3) is 0.833. The molecule has 0 aromatic rings. The number of carbonyl (C=O) groups is 3. The lowest BCUT2D eigenvalue weighted by Crippen LogP contribution is -2.65. The van der Waals surface area contributed by atoms with Crippen LogP contribution in [0.1, 0.15) is 60.8 Å². The van der Waals surface area contributed by atoms with Crippen LogP contribution < -0.4 is 0 Å². The van der Waals surface area contributed by atoms with E-state index in [1.165, 1.54) is 12.1 Å². The summed E-state index contributed by atoms with van der Waals surface area (Å²) in [7, 11) is 1.28. The molecule has 148 valence electrons. The molecule has 1 aliphatic heterocycles. The maximum atomic E-state index is 12.9. The molecule has 26 heavy (non-hydrogen) atoms. The average Bonchev–Trinajstić information content (AvgIpc) is 3.22. The van der Waals surface area contributed by atoms with Gasteiger partial charge in [0.2, 0.25) is 0 Å². The first-order valence-corrected chi connectivity index (χ1v) is 8.90. The topological polar surface area (TPSA) is 85.4 Å². The Kier molecular flexibility index (Phi) is 5.18. The van der Waals surface area contributed by atoms with Crippen LogP contribution in [0, 0.1) is 5.41 Å². The van der Waals surface area contributed by atoms with E-state index in [1.807, 2.05) is 0 Å². The van der Waals surface area contributed by atoms with Gasteiger partial charge in [0.05, 0.1) is 7.11 Å². The second-order valence-corrected chi connectivity index (χ2v) is 8.97. The maximum Gasteiger partial charge on any atom is 0.430 e. The van der Waals surface area contributed by atoms with Gasteiger partial charge in [-0.1, -0.05) is 0 Å². The zero-order valence-corrected chi connectivity index (χ0v) is 16.7. The lowest BCUT2D eigenvalue weighted by Gasteiger charge is -2.46. The highest BCUT2D eigenvalue weighted by molar-refractivity contribution is 5.85. The van der Waals surface area contributed by atoms with Crippen LogP contribution in [0.5, 0.6) is 0 Å². The van der Waals surface area contributed by atoms with Crippen molar-refractivity contribution in [1.29, 1.82) is 0 Å². The van der Waals surface area contributed by atoms with E-state index in [9.17, 15) is 14.4 Å². The van der Waals surface area contributed by atoms with Crippen molar-refractivity contribution in [2.24, 2.45) is 5.41 Å². The van der Waals surface area contributed by atoms with Crippen molar-refractivity contribution in [3.8, 4) is 0 Å². The Balaban J connectivity index is 2.38. The smallest absolute Gasteiger partial charge is 0.430 e. The summed E-state index contributed by atoms with van der Waals surface area (Å²) in [6, 6.07) is -0.899. The third kappa shape index (κ3) is 4.40. The van der Waals surface area contributed by atoms with Gasteiger partial charge in [-0.2, -0.15) is 5.01 Å². The van der Waals surface area contributed by atoms with Crippen molar-refractivity contribution in [3.63, 3.8) is 0 Å². The summed E-state index contributed by atoms with van der Waals surface area (Å²) in [6.45, 7) is 10.7. The van der Waals surface area contributed by atoms with Crippen molar-refractivity contribution >= 4 is 18.2 Å². The van der Waals surface area contributed by atoms with E-state index in [-0.39, 0.29) is 12.0 Å². The second kappa shape index (κ2) is 6.63. The van der Waals surface area contributed by atoms with Crippen molar-refractivity contribution in [2.45, 2.75) is 78.0 Å². The first kappa shape index (κ1) is 20.3. The molecule has 1 saturated heterocycles. The minimum absolute atomic E-state index is 0.279. The maximum absolute atomic E-state index is 12.9. The minimum atomic E-state index is -0.899. The third-order valence-electron chi connectivity index (χ3n) is 4.41. The monoisotopic (exact) mass is 370 g/mol. The van der Waals surface area contributed by atoms with E-state index in [0.717, 1.165) is 17.9 Å². The Bertz CT molecular complexity index is 585. The lowest BCUT2D eigenvalue weighted by molar-refractivity contribution is -0.166. The van der Waals surface area contributed by atoms with Crippen LogP contribution in [0.4, 0.5) is 9.59 Å². The predicted molar refractivity (Wildman–Crippen MR) is 93.1 cm³/mol. The van der Waals surface area contributed by atoms with Gasteiger partial charge in [0, 0.05) is 12.0 Å². The highest BCUT2D eigenvalue weighted by Crippen LogP contribution is 2.56. The zero-order valence-electron chi connectivity index (χ0n) is 16.7.